The molecule has 0 aliphatic carbocycles. The minimum atomic E-state index is -0.958. The minimum absolute atomic E-state index is 0.0950. The van der Waals surface area contributed by atoms with Crippen LogP contribution in [0.25, 0.3) is 0 Å². The lowest BCUT2D eigenvalue weighted by molar-refractivity contribution is -0.155. The van der Waals surface area contributed by atoms with Crippen molar-refractivity contribution in [3.63, 3.8) is 0 Å². The van der Waals surface area contributed by atoms with Gasteiger partial charge in [-0.3, -0.25) is 0 Å². The van der Waals surface area contributed by atoms with E-state index in [4.69, 9.17) is 14.6 Å². The number of hydrogen-bond donors (Lipinski definition) is 2. The predicted molar refractivity (Wildman–Crippen MR) is 88.5 cm³/mol. The molecular formula is C16H36O6. The van der Waals surface area contributed by atoms with Crippen molar-refractivity contribution in [2.24, 2.45) is 0 Å². The molecule has 2 N–H and O–H groups in total. The molecular weight excluding hydrogens is 288 g/mol. The van der Waals surface area contributed by atoms with Gasteiger partial charge in [0.25, 0.3) is 0 Å². The van der Waals surface area contributed by atoms with Gasteiger partial charge in [-0.15, -0.1) is 0 Å². The number of aliphatic hydroxyl groups excluding tert-OH is 1. The monoisotopic (exact) mass is 324 g/mol. The lowest BCUT2D eigenvalue weighted by atomic mass is 10.2. The Labute approximate surface area is 136 Å². The summed E-state index contributed by atoms with van der Waals surface area (Å²) in [7, 11) is 4.71. The largest absolute Gasteiger partial charge is 0.497 e. The van der Waals surface area contributed by atoms with Crippen LogP contribution in [-0.4, -0.2) is 56.1 Å². The van der Waals surface area contributed by atoms with E-state index in [0.717, 1.165) is 0 Å². The Morgan fingerprint density at radius 2 is 1.64 bits per heavy atom. The third-order valence-electron chi connectivity index (χ3n) is 1.91. The normalized spacial score (nSPS) is 16.5. The van der Waals surface area contributed by atoms with E-state index in [2.05, 4.69) is 9.47 Å². The molecule has 0 fully saturated rings. The van der Waals surface area contributed by atoms with Gasteiger partial charge in [-0.2, -0.15) is 0 Å². The Morgan fingerprint density at radius 3 is 1.91 bits per heavy atom. The number of hydrogen-bond acceptors (Lipinski definition) is 6. The van der Waals surface area contributed by atoms with Gasteiger partial charge in [-0.1, -0.05) is 13.8 Å². The molecule has 0 aromatic heterocycles. The maximum Gasteiger partial charge on any atom is 0.159 e. The maximum absolute atomic E-state index is 9.34. The molecule has 6 heteroatoms. The Bertz CT molecular complexity index is 246. The fourth-order valence-electron chi connectivity index (χ4n) is 0.920. The Kier molecular flexibility index (Phi) is 19.6. The minimum Gasteiger partial charge on any atom is -0.497 e. The second-order valence-corrected chi connectivity index (χ2v) is 4.92. The molecule has 1 aliphatic heterocycles. The van der Waals surface area contributed by atoms with E-state index in [9.17, 15) is 5.11 Å². The van der Waals surface area contributed by atoms with Crippen molar-refractivity contribution in [3.05, 3.63) is 12.0 Å². The molecule has 1 atom stereocenters. The molecule has 0 amide bonds. The van der Waals surface area contributed by atoms with Crippen molar-refractivity contribution < 1.29 is 29.2 Å². The van der Waals surface area contributed by atoms with Gasteiger partial charge in [0.1, 0.15) is 12.4 Å². The first-order chi connectivity index (χ1) is 10.2. The van der Waals surface area contributed by atoms with Gasteiger partial charge in [0.2, 0.25) is 0 Å². The molecule has 136 valence electrons. The van der Waals surface area contributed by atoms with Crippen LogP contribution in [0.4, 0.5) is 0 Å². The first kappa shape index (κ1) is 26.1. The zero-order valence-electron chi connectivity index (χ0n) is 15.7. The second-order valence-electron chi connectivity index (χ2n) is 4.92. The van der Waals surface area contributed by atoms with E-state index < -0.39 is 11.9 Å². The third-order valence-corrected chi connectivity index (χ3v) is 1.91. The van der Waals surface area contributed by atoms with Crippen molar-refractivity contribution in [2.75, 3.05) is 27.9 Å². The fourth-order valence-corrected chi connectivity index (χ4v) is 0.920. The van der Waals surface area contributed by atoms with Crippen LogP contribution in [0.5, 0.6) is 0 Å². The van der Waals surface area contributed by atoms with Gasteiger partial charge in [0.05, 0.1) is 12.7 Å². The number of methoxy groups -OCH3 is 2. The van der Waals surface area contributed by atoms with Crippen molar-refractivity contribution >= 4 is 0 Å². The molecule has 0 aromatic carbocycles. The van der Waals surface area contributed by atoms with E-state index in [1.54, 1.807) is 28.1 Å². The van der Waals surface area contributed by atoms with Gasteiger partial charge in [-0.05, 0) is 27.7 Å². The van der Waals surface area contributed by atoms with Gasteiger partial charge < -0.3 is 29.2 Å². The average molecular weight is 324 g/mol. The van der Waals surface area contributed by atoms with Crippen molar-refractivity contribution in [3.8, 4) is 0 Å². The highest BCUT2D eigenvalue weighted by Gasteiger charge is 2.17. The van der Waals surface area contributed by atoms with Crippen LogP contribution < -0.4 is 0 Å². The summed E-state index contributed by atoms with van der Waals surface area (Å²) in [5, 5.41) is 17.9. The molecule has 0 saturated carbocycles. The lowest BCUT2D eigenvalue weighted by Crippen LogP contribution is -2.21. The fraction of sp³-hybridized carbons (Fsp3) is 0.875. The first-order valence-corrected chi connectivity index (χ1v) is 7.52. The van der Waals surface area contributed by atoms with Crippen LogP contribution in [0.15, 0.2) is 12.0 Å². The van der Waals surface area contributed by atoms with Crippen LogP contribution in [0.3, 0.4) is 0 Å². The van der Waals surface area contributed by atoms with Gasteiger partial charge in [-0.25, -0.2) is 0 Å². The maximum atomic E-state index is 9.34. The summed E-state index contributed by atoms with van der Waals surface area (Å²) in [6.07, 6.45) is 1.73. The van der Waals surface area contributed by atoms with Gasteiger partial charge >= 0.3 is 0 Å². The predicted octanol–water partition coefficient (Wildman–Crippen LogP) is 2.68. The van der Waals surface area contributed by atoms with Gasteiger partial charge in [0, 0.05) is 27.8 Å². The third kappa shape index (κ3) is 21.5. The van der Waals surface area contributed by atoms with E-state index in [1.165, 1.54) is 13.4 Å². The number of rotatable bonds is 3. The molecule has 6 nitrogen and oxygen atoms in total. The van der Waals surface area contributed by atoms with Crippen molar-refractivity contribution in [1.82, 2.24) is 0 Å². The Hall–Kier alpha value is -0.820. The summed E-state index contributed by atoms with van der Waals surface area (Å²) >= 11 is 0. The molecule has 0 bridgehead atoms. The first-order valence-electron chi connectivity index (χ1n) is 7.52. The summed E-state index contributed by atoms with van der Waals surface area (Å²) in [6.45, 7) is 11.6. The van der Waals surface area contributed by atoms with Crippen molar-refractivity contribution in [1.29, 1.82) is 0 Å². The highest BCUT2D eigenvalue weighted by Crippen LogP contribution is 2.15. The Balaban J connectivity index is -0.000000279. The Morgan fingerprint density at radius 1 is 1.23 bits per heavy atom. The number of ether oxygens (including phenoxy) is 4. The molecule has 22 heavy (non-hydrogen) atoms. The molecule has 1 unspecified atom stereocenters. The van der Waals surface area contributed by atoms with E-state index in [0.29, 0.717) is 18.8 Å². The number of aliphatic hydroxyl groups is 2. The second kappa shape index (κ2) is 16.5. The quantitative estimate of drug-likeness (QED) is 0.777. The molecule has 0 saturated heterocycles. The zero-order valence-corrected chi connectivity index (χ0v) is 15.7. The summed E-state index contributed by atoms with van der Waals surface area (Å²) < 4.78 is 19.0. The molecule has 1 aliphatic rings. The van der Waals surface area contributed by atoms with E-state index in [1.807, 2.05) is 27.7 Å². The zero-order chi connectivity index (χ0) is 18.2. The highest BCUT2D eigenvalue weighted by molar-refractivity contribution is 4.98. The summed E-state index contributed by atoms with van der Waals surface area (Å²) in [5.74, 6) is -0.411. The van der Waals surface area contributed by atoms with Crippen molar-refractivity contribution in [2.45, 2.75) is 66.0 Å². The summed E-state index contributed by atoms with van der Waals surface area (Å²) in [5.41, 5.74) is 0. The van der Waals surface area contributed by atoms with E-state index in [-0.39, 0.29) is 6.10 Å². The average Bonchev–Trinajstić information content (AvgIpc) is 2.44. The molecule has 0 radical (unpaired) electrons. The van der Waals surface area contributed by atoms with Crippen LogP contribution in [0, 0.1) is 0 Å². The molecule has 1 heterocycles. The molecule has 0 aromatic rings. The molecule has 1 rings (SSSR count). The topological polar surface area (TPSA) is 77.4 Å². The van der Waals surface area contributed by atoms with Crippen LogP contribution in [0.2, 0.25) is 0 Å². The van der Waals surface area contributed by atoms with Gasteiger partial charge in [0.15, 0.2) is 11.5 Å². The molecule has 0 spiro atoms. The standard InChI is InChI=1S/C8H14O3.C4H10O2.C2H6O.C2H6/c1-6(2)11-8-5-10-4-3-7(8)9;1-4(2,5)6-3;1-3-2;1-2/h5-7,9H,3-4H2,1-2H3;5H,1-3H3;1-2H3;1-2H3. The highest BCUT2D eigenvalue weighted by atomic mass is 16.6. The summed E-state index contributed by atoms with van der Waals surface area (Å²) in [4.78, 5) is 0. The van der Waals surface area contributed by atoms with Crippen LogP contribution in [-0.2, 0) is 18.9 Å². The lowest BCUT2D eigenvalue weighted by Gasteiger charge is -2.21. The van der Waals surface area contributed by atoms with E-state index >= 15 is 0 Å². The summed E-state index contributed by atoms with van der Waals surface area (Å²) in [6, 6.07) is 0. The smallest absolute Gasteiger partial charge is 0.159 e. The SMILES string of the molecule is CC.CC(C)OC1=COCCC1O.COC.COC(C)(C)O. The van der Waals surface area contributed by atoms with Crippen LogP contribution >= 0.6 is 0 Å². The van der Waals surface area contributed by atoms with Crippen LogP contribution in [0.1, 0.15) is 48.0 Å².